The molecule has 1 aromatic rings. The molecule has 0 amide bonds. The van der Waals surface area contributed by atoms with Crippen LogP contribution in [0.4, 0.5) is 0 Å². The molecule has 1 heterocycles. The van der Waals surface area contributed by atoms with Crippen LogP contribution in [0.25, 0.3) is 0 Å². The summed E-state index contributed by atoms with van der Waals surface area (Å²) in [7, 11) is -4.39. The summed E-state index contributed by atoms with van der Waals surface area (Å²) in [5.74, 6) is 0. The first-order valence-electron chi connectivity index (χ1n) is 5.47. The zero-order chi connectivity index (χ0) is 13.8. The van der Waals surface area contributed by atoms with Crippen molar-refractivity contribution >= 4 is 32.2 Å². The smallest absolute Gasteiger partial charge is 0.250 e. The molecule has 0 spiro atoms. The average molecular weight is 310 g/mol. The number of hydrogen-bond donors (Lipinski definition) is 2. The zero-order valence-electron chi connectivity index (χ0n) is 10.4. The van der Waals surface area contributed by atoms with E-state index >= 15 is 0 Å². The lowest BCUT2D eigenvalue weighted by molar-refractivity contribution is 0.580. The van der Waals surface area contributed by atoms with E-state index in [9.17, 15) is 12.6 Å². The third kappa shape index (κ3) is 4.43. The molecule has 0 radical (unpaired) electrons. The van der Waals surface area contributed by atoms with E-state index in [0.29, 0.717) is 19.5 Å². The summed E-state index contributed by atoms with van der Waals surface area (Å²) in [4.78, 5) is 0.832. The van der Waals surface area contributed by atoms with Crippen LogP contribution in [0.15, 0.2) is 16.3 Å². The van der Waals surface area contributed by atoms with Gasteiger partial charge in [-0.1, -0.05) is 6.92 Å². The van der Waals surface area contributed by atoms with Crippen molar-refractivity contribution in [2.45, 2.75) is 29.3 Å². The van der Waals surface area contributed by atoms with E-state index in [0.717, 1.165) is 4.88 Å². The summed E-state index contributed by atoms with van der Waals surface area (Å²) in [6.07, 6.45) is 2.17. The van der Waals surface area contributed by atoms with Crippen LogP contribution in [0, 0.1) is 0 Å². The van der Waals surface area contributed by atoms with E-state index in [1.165, 1.54) is 11.3 Å². The summed E-state index contributed by atoms with van der Waals surface area (Å²) in [6, 6.07) is 3.26. The van der Waals surface area contributed by atoms with Crippen LogP contribution in [0.3, 0.4) is 0 Å². The molecule has 5 nitrogen and oxygen atoms in total. The molecule has 18 heavy (non-hydrogen) atoms. The van der Waals surface area contributed by atoms with Crippen LogP contribution in [0.1, 0.15) is 18.2 Å². The van der Waals surface area contributed by atoms with E-state index in [2.05, 4.69) is 4.72 Å². The number of hydrogen-bond acceptors (Lipinski definition) is 5. The van der Waals surface area contributed by atoms with Crippen LogP contribution in [-0.2, 0) is 27.4 Å². The Morgan fingerprint density at radius 3 is 2.67 bits per heavy atom. The van der Waals surface area contributed by atoms with E-state index in [1.807, 2.05) is 6.92 Å². The van der Waals surface area contributed by atoms with Gasteiger partial charge in [-0.3, -0.25) is 4.21 Å². The van der Waals surface area contributed by atoms with Crippen molar-refractivity contribution in [1.29, 1.82) is 0 Å². The molecule has 0 aromatic carbocycles. The quantitative estimate of drug-likeness (QED) is 0.773. The van der Waals surface area contributed by atoms with Crippen molar-refractivity contribution in [2.24, 2.45) is 5.73 Å². The molecule has 3 N–H and O–H groups in total. The molecule has 104 valence electrons. The normalized spacial score (nSPS) is 15.5. The summed E-state index contributed by atoms with van der Waals surface area (Å²) >= 11 is 1.17. The van der Waals surface area contributed by atoms with E-state index in [-0.39, 0.29) is 9.46 Å². The summed E-state index contributed by atoms with van der Waals surface area (Å²) in [5, 5.41) is -0.0179. The minimum Gasteiger partial charge on any atom is -0.326 e. The first-order chi connectivity index (χ1) is 8.36. The highest BCUT2D eigenvalue weighted by molar-refractivity contribution is 7.91. The molecular formula is C10H18N2O3S3. The van der Waals surface area contributed by atoms with E-state index < -0.39 is 20.8 Å². The van der Waals surface area contributed by atoms with Crippen molar-refractivity contribution in [3.63, 3.8) is 0 Å². The Morgan fingerprint density at radius 1 is 1.50 bits per heavy atom. The largest absolute Gasteiger partial charge is 0.326 e. The number of nitrogens with two attached hydrogens (primary N) is 1. The van der Waals surface area contributed by atoms with Crippen molar-refractivity contribution in [1.82, 2.24) is 4.72 Å². The van der Waals surface area contributed by atoms with Gasteiger partial charge in [-0.05, 0) is 18.6 Å². The van der Waals surface area contributed by atoms with Crippen molar-refractivity contribution < 1.29 is 12.6 Å². The maximum Gasteiger partial charge on any atom is 0.250 e. The molecular weight excluding hydrogens is 292 g/mol. The van der Waals surface area contributed by atoms with Crippen LogP contribution in [-0.4, -0.2) is 30.7 Å². The molecule has 0 bridgehead atoms. The SMILES string of the molecule is CC(CCNS(=O)(=O)c1ccc(CN)s1)S(C)=O. The standard InChI is InChI=1S/C10H18N2O3S3/c1-8(17(2)13)5-6-12-18(14,15)10-4-3-9(7-11)16-10/h3-4,8,12H,5-7,11H2,1-2H3. The predicted molar refractivity (Wildman–Crippen MR) is 75.5 cm³/mol. The van der Waals surface area contributed by atoms with Crippen molar-refractivity contribution in [3.8, 4) is 0 Å². The molecule has 1 rings (SSSR count). The molecule has 0 fully saturated rings. The number of thiophene rings is 1. The van der Waals surface area contributed by atoms with E-state index in [4.69, 9.17) is 5.73 Å². The first-order valence-corrected chi connectivity index (χ1v) is 9.39. The molecule has 2 atom stereocenters. The highest BCUT2D eigenvalue weighted by atomic mass is 32.2. The second-order valence-corrected chi connectivity index (χ2v) is 8.88. The molecule has 0 saturated carbocycles. The fourth-order valence-electron chi connectivity index (χ4n) is 1.25. The van der Waals surface area contributed by atoms with E-state index in [1.54, 1.807) is 18.4 Å². The molecule has 1 aromatic heterocycles. The van der Waals surface area contributed by atoms with Gasteiger partial charge in [0, 0.05) is 40.3 Å². The van der Waals surface area contributed by atoms with Crippen molar-refractivity contribution in [2.75, 3.05) is 12.8 Å². The van der Waals surface area contributed by atoms with Crippen LogP contribution < -0.4 is 10.5 Å². The topological polar surface area (TPSA) is 89.3 Å². The number of nitrogens with one attached hydrogen (secondary N) is 1. The maximum absolute atomic E-state index is 11.9. The third-order valence-electron chi connectivity index (χ3n) is 2.51. The first kappa shape index (κ1) is 15.8. The van der Waals surface area contributed by atoms with Gasteiger partial charge in [0.25, 0.3) is 0 Å². The average Bonchev–Trinajstić information content (AvgIpc) is 2.77. The lowest BCUT2D eigenvalue weighted by Crippen LogP contribution is -2.27. The summed E-state index contributed by atoms with van der Waals surface area (Å²) in [6.45, 7) is 2.47. The van der Waals surface area contributed by atoms with Gasteiger partial charge in [0.05, 0.1) is 0 Å². The Kier molecular flexibility index (Phi) is 5.93. The van der Waals surface area contributed by atoms with Crippen LogP contribution in [0.2, 0.25) is 0 Å². The van der Waals surface area contributed by atoms with Crippen LogP contribution >= 0.6 is 11.3 Å². The zero-order valence-corrected chi connectivity index (χ0v) is 12.8. The van der Waals surface area contributed by atoms with Gasteiger partial charge in [-0.15, -0.1) is 11.3 Å². The lowest BCUT2D eigenvalue weighted by atomic mass is 10.3. The fraction of sp³-hybridized carbons (Fsp3) is 0.600. The monoisotopic (exact) mass is 310 g/mol. The van der Waals surface area contributed by atoms with Crippen LogP contribution in [0.5, 0.6) is 0 Å². The number of sulfonamides is 1. The summed E-state index contributed by atoms with van der Waals surface area (Å²) < 4.78 is 37.7. The van der Waals surface area contributed by atoms with Gasteiger partial charge in [0.15, 0.2) is 0 Å². The highest BCUT2D eigenvalue weighted by Gasteiger charge is 2.16. The maximum atomic E-state index is 11.9. The van der Waals surface area contributed by atoms with Gasteiger partial charge in [0.2, 0.25) is 10.0 Å². The van der Waals surface area contributed by atoms with Gasteiger partial charge < -0.3 is 5.73 Å². The highest BCUT2D eigenvalue weighted by Crippen LogP contribution is 2.20. The third-order valence-corrected chi connectivity index (χ3v) is 6.94. The Morgan fingerprint density at radius 2 is 2.17 bits per heavy atom. The Bertz CT molecular complexity index is 510. The van der Waals surface area contributed by atoms with Gasteiger partial charge >= 0.3 is 0 Å². The van der Waals surface area contributed by atoms with Gasteiger partial charge in [0.1, 0.15) is 4.21 Å². The number of rotatable bonds is 7. The Labute approximate surface area is 114 Å². The molecule has 0 saturated heterocycles. The molecule has 0 aliphatic carbocycles. The second-order valence-electron chi connectivity index (χ2n) is 3.92. The predicted octanol–water partition coefficient (Wildman–Crippen LogP) is 0.642. The van der Waals surface area contributed by atoms with Gasteiger partial charge in [-0.2, -0.15) is 0 Å². The molecule has 2 unspecified atom stereocenters. The summed E-state index contributed by atoms with van der Waals surface area (Å²) in [5.41, 5.74) is 5.44. The minimum atomic E-state index is -3.46. The van der Waals surface area contributed by atoms with Gasteiger partial charge in [-0.25, -0.2) is 13.1 Å². The Hall–Kier alpha value is -0.280. The second kappa shape index (κ2) is 6.76. The Balaban J connectivity index is 2.57. The lowest BCUT2D eigenvalue weighted by Gasteiger charge is -2.08. The molecule has 0 aliphatic rings. The minimum absolute atomic E-state index is 0.0179. The fourth-order valence-corrected chi connectivity index (χ4v) is 4.02. The molecule has 0 aliphatic heterocycles. The van der Waals surface area contributed by atoms with Crippen molar-refractivity contribution in [3.05, 3.63) is 17.0 Å². The molecule has 8 heteroatoms.